The Bertz CT molecular complexity index is 850. The summed E-state index contributed by atoms with van der Waals surface area (Å²) in [5.74, 6) is 0.740. The first-order valence-electron chi connectivity index (χ1n) is 7.92. The van der Waals surface area contributed by atoms with E-state index in [0.29, 0.717) is 24.7 Å². The average molecular weight is 339 g/mol. The van der Waals surface area contributed by atoms with Crippen LogP contribution in [0.5, 0.6) is 5.75 Å². The first-order chi connectivity index (χ1) is 12.1. The Morgan fingerprint density at radius 3 is 2.72 bits per heavy atom. The molecule has 128 valence electrons. The number of amides is 1. The van der Waals surface area contributed by atoms with Crippen LogP contribution in [0.15, 0.2) is 65.1 Å². The molecule has 0 radical (unpaired) electrons. The molecule has 1 aromatic heterocycles. The number of rotatable bonds is 6. The molecular weight excluding hydrogens is 321 g/mol. The largest absolute Gasteiger partial charge is 0.492 e. The molecule has 3 aromatic rings. The number of hydrogen-bond acceptors (Lipinski definition) is 3. The van der Waals surface area contributed by atoms with Crippen LogP contribution in [0.2, 0.25) is 0 Å². The van der Waals surface area contributed by atoms with E-state index in [4.69, 9.17) is 9.15 Å². The normalized spacial score (nSPS) is 11.1. The molecule has 3 rings (SSSR count). The Labute approximate surface area is 145 Å². The highest BCUT2D eigenvalue weighted by Gasteiger charge is 2.06. The van der Waals surface area contributed by atoms with Crippen molar-refractivity contribution < 1.29 is 18.3 Å². The minimum absolute atomic E-state index is 0.150. The van der Waals surface area contributed by atoms with Crippen molar-refractivity contribution in [3.05, 3.63) is 72.3 Å². The van der Waals surface area contributed by atoms with Crippen LogP contribution in [0.4, 0.5) is 4.39 Å². The molecule has 1 heterocycles. The van der Waals surface area contributed by atoms with Gasteiger partial charge in [0.25, 0.3) is 0 Å². The van der Waals surface area contributed by atoms with E-state index < -0.39 is 0 Å². The standard InChI is InChI=1S/C20H18FNO3/c1-22(12-13-24-17-8-6-16(21)7-9-17)20(23)11-10-18-14-15-4-2-3-5-19(15)25-18/h2-11,14H,12-13H2,1H3/b11-10+. The van der Waals surface area contributed by atoms with Crippen LogP contribution >= 0.6 is 0 Å². The predicted molar refractivity (Wildman–Crippen MR) is 94.8 cm³/mol. The van der Waals surface area contributed by atoms with Crippen molar-refractivity contribution in [1.82, 2.24) is 4.90 Å². The summed E-state index contributed by atoms with van der Waals surface area (Å²) in [5.41, 5.74) is 0.788. The van der Waals surface area contributed by atoms with Gasteiger partial charge in [-0.05, 0) is 42.5 Å². The summed E-state index contributed by atoms with van der Waals surface area (Å²) < 4.78 is 23.9. The number of hydrogen-bond donors (Lipinski definition) is 0. The van der Waals surface area contributed by atoms with Gasteiger partial charge in [-0.1, -0.05) is 18.2 Å². The molecule has 0 unspecified atom stereocenters. The maximum Gasteiger partial charge on any atom is 0.246 e. The van der Waals surface area contributed by atoms with E-state index >= 15 is 0 Å². The lowest BCUT2D eigenvalue weighted by Crippen LogP contribution is -2.29. The van der Waals surface area contributed by atoms with Crippen LogP contribution in [-0.2, 0) is 4.79 Å². The van der Waals surface area contributed by atoms with Crippen LogP contribution in [-0.4, -0.2) is 31.0 Å². The van der Waals surface area contributed by atoms with Gasteiger partial charge < -0.3 is 14.1 Å². The smallest absolute Gasteiger partial charge is 0.246 e. The number of carbonyl (C=O) groups is 1. The third-order valence-corrected chi connectivity index (χ3v) is 3.72. The summed E-state index contributed by atoms with van der Waals surface area (Å²) >= 11 is 0. The van der Waals surface area contributed by atoms with Gasteiger partial charge >= 0.3 is 0 Å². The maximum absolute atomic E-state index is 12.8. The fourth-order valence-electron chi connectivity index (χ4n) is 2.31. The topological polar surface area (TPSA) is 42.7 Å². The molecule has 4 nitrogen and oxygen atoms in total. The summed E-state index contributed by atoms with van der Waals surface area (Å²) in [5, 5.41) is 0.996. The van der Waals surface area contributed by atoms with Crippen molar-refractivity contribution in [3.8, 4) is 5.75 Å². The summed E-state index contributed by atoms with van der Waals surface area (Å²) in [6.07, 6.45) is 3.12. The summed E-state index contributed by atoms with van der Waals surface area (Å²) in [7, 11) is 1.69. The molecule has 0 fully saturated rings. The van der Waals surface area contributed by atoms with Gasteiger partial charge in [-0.3, -0.25) is 4.79 Å². The second-order valence-corrected chi connectivity index (χ2v) is 5.58. The highest BCUT2D eigenvalue weighted by Crippen LogP contribution is 2.19. The number of benzene rings is 2. The highest BCUT2D eigenvalue weighted by molar-refractivity contribution is 5.92. The van der Waals surface area contributed by atoms with E-state index in [1.165, 1.54) is 18.2 Å². The zero-order valence-electron chi connectivity index (χ0n) is 13.8. The Kier molecular flexibility index (Phi) is 5.14. The second kappa shape index (κ2) is 7.66. The first kappa shape index (κ1) is 16.8. The van der Waals surface area contributed by atoms with Crippen LogP contribution < -0.4 is 4.74 Å². The van der Waals surface area contributed by atoms with Gasteiger partial charge in [-0.15, -0.1) is 0 Å². The van der Waals surface area contributed by atoms with Crippen molar-refractivity contribution in [3.63, 3.8) is 0 Å². The van der Waals surface area contributed by atoms with Crippen LogP contribution in [0.1, 0.15) is 5.76 Å². The number of furan rings is 1. The van der Waals surface area contributed by atoms with E-state index in [1.54, 1.807) is 30.2 Å². The third-order valence-electron chi connectivity index (χ3n) is 3.72. The highest BCUT2D eigenvalue weighted by atomic mass is 19.1. The molecule has 0 saturated heterocycles. The molecule has 0 aliphatic carbocycles. The fraction of sp³-hybridized carbons (Fsp3) is 0.150. The quantitative estimate of drug-likeness (QED) is 0.635. The molecular formula is C20H18FNO3. The minimum atomic E-state index is -0.310. The second-order valence-electron chi connectivity index (χ2n) is 5.58. The SMILES string of the molecule is CN(CCOc1ccc(F)cc1)C(=O)/C=C/c1cc2ccccc2o1. The number of ether oxygens (including phenoxy) is 1. The summed E-state index contributed by atoms with van der Waals surface area (Å²) in [6.45, 7) is 0.743. The summed E-state index contributed by atoms with van der Waals surface area (Å²) in [6, 6.07) is 15.3. The number of nitrogens with zero attached hydrogens (tertiary/aromatic N) is 1. The number of fused-ring (bicyclic) bond motifs is 1. The van der Waals surface area contributed by atoms with Gasteiger partial charge in [-0.2, -0.15) is 0 Å². The zero-order valence-corrected chi connectivity index (χ0v) is 13.8. The third kappa shape index (κ3) is 4.47. The van der Waals surface area contributed by atoms with Crippen molar-refractivity contribution in [1.29, 1.82) is 0 Å². The van der Waals surface area contributed by atoms with Crippen molar-refractivity contribution >= 4 is 23.0 Å². The molecule has 0 aliphatic rings. The lowest BCUT2D eigenvalue weighted by Gasteiger charge is -2.15. The molecule has 0 N–H and O–H groups in total. The molecule has 5 heteroatoms. The molecule has 25 heavy (non-hydrogen) atoms. The van der Waals surface area contributed by atoms with E-state index in [-0.39, 0.29) is 11.7 Å². The Balaban J connectivity index is 1.50. The van der Waals surface area contributed by atoms with E-state index in [0.717, 1.165) is 11.0 Å². The number of halogens is 1. The molecule has 0 atom stereocenters. The van der Waals surface area contributed by atoms with Gasteiger partial charge in [-0.25, -0.2) is 4.39 Å². The van der Waals surface area contributed by atoms with E-state index in [1.807, 2.05) is 30.3 Å². The van der Waals surface area contributed by atoms with Crippen LogP contribution in [0, 0.1) is 5.82 Å². The number of para-hydroxylation sites is 1. The average Bonchev–Trinajstić information content (AvgIpc) is 3.04. The lowest BCUT2D eigenvalue weighted by molar-refractivity contribution is -0.125. The van der Waals surface area contributed by atoms with E-state index in [2.05, 4.69) is 0 Å². The number of likely N-dealkylation sites (N-methyl/N-ethyl adjacent to an activating group) is 1. The van der Waals surface area contributed by atoms with E-state index in [9.17, 15) is 9.18 Å². The molecule has 0 saturated carbocycles. The lowest BCUT2D eigenvalue weighted by atomic mass is 10.2. The van der Waals surface area contributed by atoms with Crippen molar-refractivity contribution in [2.75, 3.05) is 20.2 Å². The van der Waals surface area contributed by atoms with Crippen LogP contribution in [0.3, 0.4) is 0 Å². The van der Waals surface area contributed by atoms with Crippen LogP contribution in [0.25, 0.3) is 17.0 Å². The minimum Gasteiger partial charge on any atom is -0.492 e. The predicted octanol–water partition coefficient (Wildman–Crippen LogP) is 4.12. The Hall–Kier alpha value is -3.08. The maximum atomic E-state index is 12.8. The molecule has 0 aliphatic heterocycles. The van der Waals surface area contributed by atoms with Gasteiger partial charge in [0.05, 0.1) is 6.54 Å². The van der Waals surface area contributed by atoms with Gasteiger partial charge in [0, 0.05) is 18.5 Å². The molecule has 1 amide bonds. The first-order valence-corrected chi connectivity index (χ1v) is 7.92. The molecule has 0 bridgehead atoms. The Morgan fingerprint density at radius 1 is 1.20 bits per heavy atom. The van der Waals surface area contributed by atoms with Crippen molar-refractivity contribution in [2.24, 2.45) is 0 Å². The van der Waals surface area contributed by atoms with Gasteiger partial charge in [0.1, 0.15) is 29.5 Å². The van der Waals surface area contributed by atoms with Gasteiger partial charge in [0.15, 0.2) is 0 Å². The summed E-state index contributed by atoms with van der Waals surface area (Å²) in [4.78, 5) is 13.7. The molecule has 0 spiro atoms. The zero-order chi connectivity index (χ0) is 17.6. The fourth-order valence-corrected chi connectivity index (χ4v) is 2.31. The van der Waals surface area contributed by atoms with Crippen molar-refractivity contribution in [2.45, 2.75) is 0 Å². The van der Waals surface area contributed by atoms with Gasteiger partial charge in [0.2, 0.25) is 5.91 Å². The number of carbonyl (C=O) groups excluding carboxylic acids is 1. The monoisotopic (exact) mass is 339 g/mol. The Morgan fingerprint density at radius 2 is 1.96 bits per heavy atom. The molecule has 2 aromatic carbocycles.